The number of rotatable bonds is 8. The zero-order valence-electron chi connectivity index (χ0n) is 22.5. The number of hydrogen-bond acceptors (Lipinski definition) is 10. The molecule has 5 rings (SSSR count). The van der Waals surface area contributed by atoms with Crippen molar-refractivity contribution in [2.75, 3.05) is 48.8 Å². The molecule has 12 heteroatoms. The lowest BCUT2D eigenvalue weighted by Gasteiger charge is -2.21. The standard InChI is InChI=1S/C27H32ClN9O2/c1-27(2,3)21-14-22(35-39-21)33-25(38)17-7-8-18(28)19(13-17)32-24-23-20(30-16-31-24)15-29-26(34-23)36(4)11-12-37-9-5-6-10-37/h7-8,13-16H,5-6,9-12H2,1-4H3,(H,30,31,32)(H,33,35,38). The normalized spacial score (nSPS) is 14.1. The first-order valence-electron chi connectivity index (χ1n) is 12.9. The van der Waals surface area contributed by atoms with Gasteiger partial charge in [0.25, 0.3) is 5.91 Å². The maximum absolute atomic E-state index is 13.0. The minimum atomic E-state index is -0.347. The zero-order chi connectivity index (χ0) is 27.6. The summed E-state index contributed by atoms with van der Waals surface area (Å²) in [6, 6.07) is 6.67. The molecule has 0 aliphatic carbocycles. The molecule has 0 radical (unpaired) electrons. The Bertz CT molecular complexity index is 1480. The lowest BCUT2D eigenvalue weighted by atomic mass is 9.93. The van der Waals surface area contributed by atoms with Gasteiger partial charge in [-0.3, -0.25) is 4.79 Å². The first-order chi connectivity index (χ1) is 18.7. The van der Waals surface area contributed by atoms with Gasteiger partial charge < -0.3 is 25.0 Å². The van der Waals surface area contributed by atoms with E-state index in [1.165, 1.54) is 19.2 Å². The molecule has 0 saturated carbocycles. The minimum absolute atomic E-state index is 0.222. The summed E-state index contributed by atoms with van der Waals surface area (Å²) in [7, 11) is 1.98. The molecule has 4 aromatic rings. The molecule has 1 aliphatic heterocycles. The quantitative estimate of drug-likeness (QED) is 0.314. The van der Waals surface area contributed by atoms with E-state index in [2.05, 4.69) is 35.6 Å². The highest BCUT2D eigenvalue weighted by Gasteiger charge is 2.21. The topological polar surface area (TPSA) is 125 Å². The fourth-order valence-electron chi connectivity index (χ4n) is 4.28. The van der Waals surface area contributed by atoms with E-state index in [0.29, 0.717) is 50.7 Å². The molecule has 1 aromatic carbocycles. The van der Waals surface area contributed by atoms with Gasteiger partial charge in [-0.1, -0.05) is 37.5 Å². The zero-order valence-corrected chi connectivity index (χ0v) is 23.3. The number of likely N-dealkylation sites (N-methyl/N-ethyl adjacent to an activating group) is 1. The van der Waals surface area contributed by atoms with Crippen LogP contribution in [0.5, 0.6) is 0 Å². The van der Waals surface area contributed by atoms with Crippen LogP contribution in [0.15, 0.2) is 41.3 Å². The van der Waals surface area contributed by atoms with Crippen LogP contribution in [0.1, 0.15) is 49.7 Å². The van der Waals surface area contributed by atoms with Gasteiger partial charge in [0.2, 0.25) is 5.95 Å². The van der Waals surface area contributed by atoms with Gasteiger partial charge in [-0.05, 0) is 44.1 Å². The van der Waals surface area contributed by atoms with Crippen LogP contribution in [0.4, 0.5) is 23.3 Å². The number of hydrogen-bond donors (Lipinski definition) is 2. The van der Waals surface area contributed by atoms with Crippen molar-refractivity contribution in [1.82, 2.24) is 30.0 Å². The molecule has 3 aromatic heterocycles. The Morgan fingerprint density at radius 3 is 2.69 bits per heavy atom. The first kappa shape index (κ1) is 26.8. The van der Waals surface area contributed by atoms with E-state index in [1.54, 1.807) is 30.5 Å². The van der Waals surface area contributed by atoms with E-state index in [1.807, 2.05) is 32.7 Å². The molecule has 1 saturated heterocycles. The van der Waals surface area contributed by atoms with Crippen LogP contribution in [-0.4, -0.2) is 69.1 Å². The Kier molecular flexibility index (Phi) is 7.62. The van der Waals surface area contributed by atoms with Crippen molar-refractivity contribution < 1.29 is 9.32 Å². The number of nitrogens with zero attached hydrogens (tertiary/aromatic N) is 7. The number of carbonyl (C=O) groups excluding carboxylic acids is 1. The molecular formula is C27H32ClN9O2. The van der Waals surface area contributed by atoms with Gasteiger partial charge in [-0.25, -0.2) is 19.9 Å². The molecule has 0 unspecified atom stereocenters. The smallest absolute Gasteiger partial charge is 0.256 e. The molecule has 4 heterocycles. The van der Waals surface area contributed by atoms with Crippen LogP contribution in [0.2, 0.25) is 5.02 Å². The van der Waals surface area contributed by atoms with Gasteiger partial charge in [-0.15, -0.1) is 0 Å². The van der Waals surface area contributed by atoms with Crippen LogP contribution in [0.3, 0.4) is 0 Å². The summed E-state index contributed by atoms with van der Waals surface area (Å²) in [6.07, 6.45) is 5.64. The van der Waals surface area contributed by atoms with E-state index < -0.39 is 0 Å². The van der Waals surface area contributed by atoms with Crippen LogP contribution in [-0.2, 0) is 5.41 Å². The van der Waals surface area contributed by atoms with Gasteiger partial charge in [0.15, 0.2) is 11.6 Å². The molecule has 1 aliphatic rings. The largest absolute Gasteiger partial charge is 0.359 e. The van der Waals surface area contributed by atoms with E-state index in [-0.39, 0.29) is 11.3 Å². The number of fused-ring (bicyclic) bond motifs is 1. The maximum Gasteiger partial charge on any atom is 0.256 e. The Morgan fingerprint density at radius 1 is 1.15 bits per heavy atom. The van der Waals surface area contributed by atoms with Gasteiger partial charge in [0.05, 0.1) is 16.9 Å². The Balaban J connectivity index is 1.34. The predicted octanol–water partition coefficient (Wildman–Crippen LogP) is 4.89. The number of carbonyl (C=O) groups is 1. The SMILES string of the molecule is CN(CCN1CCCC1)c1ncc2ncnc(Nc3cc(C(=O)Nc4cc(C(C)(C)C)on4)ccc3Cl)c2n1. The highest BCUT2D eigenvalue weighted by atomic mass is 35.5. The van der Waals surface area contributed by atoms with Crippen molar-refractivity contribution in [3.8, 4) is 0 Å². The van der Waals surface area contributed by atoms with E-state index in [0.717, 1.165) is 26.2 Å². The monoisotopic (exact) mass is 549 g/mol. The van der Waals surface area contributed by atoms with Crippen molar-refractivity contribution in [1.29, 1.82) is 0 Å². The fraction of sp³-hybridized carbons (Fsp3) is 0.407. The van der Waals surface area contributed by atoms with Crippen LogP contribution in [0, 0.1) is 0 Å². The summed E-state index contributed by atoms with van der Waals surface area (Å²) in [5.41, 5.74) is 1.81. The Morgan fingerprint density at radius 2 is 1.95 bits per heavy atom. The molecule has 0 atom stereocenters. The maximum atomic E-state index is 13.0. The highest BCUT2D eigenvalue weighted by Crippen LogP contribution is 2.29. The number of likely N-dealkylation sites (tertiary alicyclic amines) is 1. The number of aromatic nitrogens is 5. The van der Waals surface area contributed by atoms with E-state index >= 15 is 0 Å². The second-order valence-corrected chi connectivity index (χ2v) is 11.1. The van der Waals surface area contributed by atoms with Gasteiger partial charge in [0.1, 0.15) is 23.1 Å². The van der Waals surface area contributed by atoms with Crippen LogP contribution in [0.25, 0.3) is 11.0 Å². The number of amides is 1. The molecule has 2 N–H and O–H groups in total. The van der Waals surface area contributed by atoms with Crippen molar-refractivity contribution in [3.05, 3.63) is 53.1 Å². The second-order valence-electron chi connectivity index (χ2n) is 10.7. The summed E-state index contributed by atoms with van der Waals surface area (Å²) in [6.45, 7) is 10.1. The molecular weight excluding hydrogens is 518 g/mol. The molecule has 0 spiro atoms. The lowest BCUT2D eigenvalue weighted by molar-refractivity contribution is 0.102. The van der Waals surface area contributed by atoms with Crippen molar-refractivity contribution >= 4 is 51.8 Å². The molecule has 0 bridgehead atoms. The van der Waals surface area contributed by atoms with E-state index in [9.17, 15) is 4.79 Å². The van der Waals surface area contributed by atoms with Gasteiger partial charge in [-0.2, -0.15) is 0 Å². The molecule has 1 fully saturated rings. The van der Waals surface area contributed by atoms with Crippen molar-refractivity contribution in [2.45, 2.75) is 39.0 Å². The number of nitrogens with one attached hydrogen (secondary N) is 2. The predicted molar refractivity (Wildman–Crippen MR) is 152 cm³/mol. The average molecular weight is 550 g/mol. The Labute approximate surface area is 232 Å². The molecule has 1 amide bonds. The summed E-state index contributed by atoms with van der Waals surface area (Å²) < 4.78 is 5.37. The van der Waals surface area contributed by atoms with E-state index in [4.69, 9.17) is 21.1 Å². The molecule has 39 heavy (non-hydrogen) atoms. The summed E-state index contributed by atoms with van der Waals surface area (Å²) in [5, 5.41) is 10.4. The van der Waals surface area contributed by atoms with Crippen LogP contribution < -0.4 is 15.5 Å². The van der Waals surface area contributed by atoms with Crippen molar-refractivity contribution in [2.24, 2.45) is 0 Å². The Hall–Kier alpha value is -3.83. The van der Waals surface area contributed by atoms with Crippen LogP contribution >= 0.6 is 11.6 Å². The summed E-state index contributed by atoms with van der Waals surface area (Å²) in [4.78, 5) is 35.4. The van der Waals surface area contributed by atoms with Gasteiger partial charge >= 0.3 is 0 Å². The number of halogens is 1. The fourth-order valence-corrected chi connectivity index (χ4v) is 4.45. The second kappa shape index (κ2) is 11.1. The number of anilines is 4. The molecule has 204 valence electrons. The third-order valence-electron chi connectivity index (χ3n) is 6.63. The lowest BCUT2D eigenvalue weighted by Crippen LogP contribution is -2.32. The third kappa shape index (κ3) is 6.26. The van der Waals surface area contributed by atoms with Gasteiger partial charge in [0, 0.05) is 37.2 Å². The summed E-state index contributed by atoms with van der Waals surface area (Å²) >= 11 is 6.49. The minimum Gasteiger partial charge on any atom is -0.359 e. The summed E-state index contributed by atoms with van der Waals surface area (Å²) in [5.74, 6) is 1.72. The third-order valence-corrected chi connectivity index (χ3v) is 6.96. The average Bonchev–Trinajstić information content (AvgIpc) is 3.61. The molecule has 11 nitrogen and oxygen atoms in total. The highest BCUT2D eigenvalue weighted by molar-refractivity contribution is 6.33. The number of benzene rings is 1. The first-order valence-corrected chi connectivity index (χ1v) is 13.3. The van der Waals surface area contributed by atoms with Crippen molar-refractivity contribution in [3.63, 3.8) is 0 Å².